The van der Waals surface area contributed by atoms with Crippen molar-refractivity contribution in [2.24, 2.45) is 17.8 Å². The number of carbonyl (C=O) groups excluding carboxylic acids is 3. The average Bonchev–Trinajstić information content (AvgIpc) is 3.75. The molecule has 0 aromatic heterocycles. The molecule has 1 atom stereocenters. The molecule has 1 unspecified atom stereocenters. The van der Waals surface area contributed by atoms with Gasteiger partial charge in [-0.25, -0.2) is 0 Å². The molecule has 0 aliphatic heterocycles. The van der Waals surface area contributed by atoms with Crippen molar-refractivity contribution in [3.8, 4) is 0 Å². The van der Waals surface area contributed by atoms with E-state index in [0.29, 0.717) is 48.0 Å². The third-order valence-corrected chi connectivity index (χ3v) is 9.33. The van der Waals surface area contributed by atoms with Gasteiger partial charge in [-0.1, -0.05) is 90.2 Å². The van der Waals surface area contributed by atoms with E-state index in [9.17, 15) is 14.4 Å². The normalized spacial score (nSPS) is 21.2. The zero-order valence-electron chi connectivity index (χ0n) is 28.6. The Morgan fingerprint density at radius 1 is 0.953 bits per heavy atom. The van der Waals surface area contributed by atoms with Gasteiger partial charge in [0.05, 0.1) is 0 Å². The second kappa shape index (κ2) is 19.9. The second-order valence-corrected chi connectivity index (χ2v) is 13.6. The molecule has 1 aromatic rings. The maximum Gasteiger partial charge on any atom is 0.162 e. The topological polar surface area (TPSA) is 51.2 Å². The van der Waals surface area contributed by atoms with Crippen molar-refractivity contribution >= 4 is 17.3 Å². The van der Waals surface area contributed by atoms with E-state index in [-0.39, 0.29) is 18.9 Å². The Kier molecular flexibility index (Phi) is 17.1. The number of carbonyl (C=O) groups is 3. The summed E-state index contributed by atoms with van der Waals surface area (Å²) in [5, 5.41) is 0. The van der Waals surface area contributed by atoms with E-state index < -0.39 is 0 Å². The number of allylic oxidation sites excluding steroid dienone is 3. The lowest BCUT2D eigenvalue weighted by atomic mass is 9.76. The van der Waals surface area contributed by atoms with Crippen LogP contribution in [0.25, 0.3) is 0 Å². The Balaban J connectivity index is 0.000000943. The van der Waals surface area contributed by atoms with Crippen LogP contribution in [0.5, 0.6) is 0 Å². The molecule has 3 heteroatoms. The smallest absolute Gasteiger partial charge is 0.162 e. The fourth-order valence-electron chi connectivity index (χ4n) is 6.43. The van der Waals surface area contributed by atoms with E-state index in [4.69, 9.17) is 0 Å². The van der Waals surface area contributed by atoms with Crippen LogP contribution in [-0.4, -0.2) is 17.3 Å². The van der Waals surface area contributed by atoms with Gasteiger partial charge in [-0.05, 0) is 112 Å². The van der Waals surface area contributed by atoms with E-state index in [1.807, 2.05) is 19.1 Å². The molecule has 0 spiro atoms. The van der Waals surface area contributed by atoms with Gasteiger partial charge < -0.3 is 0 Å². The fourth-order valence-corrected chi connectivity index (χ4v) is 6.43. The lowest BCUT2D eigenvalue weighted by Crippen LogP contribution is -2.16. The summed E-state index contributed by atoms with van der Waals surface area (Å²) in [6, 6.07) is 6.08. The average molecular weight is 593 g/mol. The van der Waals surface area contributed by atoms with Crippen molar-refractivity contribution in [3.63, 3.8) is 0 Å². The van der Waals surface area contributed by atoms with Gasteiger partial charge >= 0.3 is 0 Å². The Morgan fingerprint density at radius 3 is 2.14 bits per heavy atom. The van der Waals surface area contributed by atoms with Crippen molar-refractivity contribution < 1.29 is 15.8 Å². The van der Waals surface area contributed by atoms with Crippen LogP contribution >= 0.6 is 0 Å². The zero-order chi connectivity index (χ0) is 31.8. The predicted molar refractivity (Wildman–Crippen MR) is 185 cm³/mol. The van der Waals surface area contributed by atoms with Crippen LogP contribution in [0.2, 0.25) is 0 Å². The molecule has 0 N–H and O–H groups in total. The van der Waals surface area contributed by atoms with E-state index in [2.05, 4.69) is 53.3 Å². The molecular formula is C40H64O3. The first-order valence-corrected chi connectivity index (χ1v) is 17.7. The summed E-state index contributed by atoms with van der Waals surface area (Å²) in [5.41, 5.74) is 5.01. The molecule has 0 radical (unpaired) electrons. The number of hydrogen-bond donors (Lipinski definition) is 0. The molecule has 4 rings (SSSR count). The van der Waals surface area contributed by atoms with Crippen LogP contribution in [-0.2, 0) is 16.0 Å². The minimum atomic E-state index is 0. The molecule has 0 amide bonds. The number of benzene rings is 1. The third-order valence-electron chi connectivity index (χ3n) is 9.33. The number of Topliss-reactive ketones (excluding diaryl/α,β-unsaturated/α-hetero) is 3. The largest absolute Gasteiger partial charge is 0.299 e. The Labute approximate surface area is 265 Å². The minimum Gasteiger partial charge on any atom is -0.299 e. The van der Waals surface area contributed by atoms with Crippen molar-refractivity contribution in [2.45, 2.75) is 157 Å². The highest BCUT2D eigenvalue weighted by atomic mass is 16.1. The summed E-state index contributed by atoms with van der Waals surface area (Å²) in [7, 11) is 0. The van der Waals surface area contributed by atoms with Gasteiger partial charge in [0.25, 0.3) is 0 Å². The highest BCUT2D eigenvalue weighted by Crippen LogP contribution is 2.39. The molecule has 1 aromatic carbocycles. The van der Waals surface area contributed by atoms with Crippen LogP contribution in [0.1, 0.15) is 173 Å². The quantitative estimate of drug-likeness (QED) is 0.0990. The predicted octanol–water partition coefficient (Wildman–Crippen LogP) is 11.6. The van der Waals surface area contributed by atoms with Crippen molar-refractivity contribution in [1.29, 1.82) is 0 Å². The first-order valence-electron chi connectivity index (χ1n) is 17.7. The fraction of sp³-hybridized carbons (Fsp3) is 0.675. The van der Waals surface area contributed by atoms with Crippen molar-refractivity contribution in [2.75, 3.05) is 0 Å². The number of unbranched alkanes of at least 4 members (excludes halogenated alkanes) is 1. The van der Waals surface area contributed by atoms with Crippen LogP contribution in [0.15, 0.2) is 42.0 Å². The summed E-state index contributed by atoms with van der Waals surface area (Å²) in [6.45, 7) is 16.8. The van der Waals surface area contributed by atoms with Crippen LogP contribution in [0, 0.1) is 17.8 Å². The van der Waals surface area contributed by atoms with Gasteiger partial charge in [0.15, 0.2) is 11.6 Å². The zero-order valence-corrected chi connectivity index (χ0v) is 28.6. The van der Waals surface area contributed by atoms with Crippen molar-refractivity contribution in [1.82, 2.24) is 0 Å². The summed E-state index contributed by atoms with van der Waals surface area (Å²) in [6.07, 6.45) is 19.6. The molecule has 3 aliphatic carbocycles. The summed E-state index contributed by atoms with van der Waals surface area (Å²) >= 11 is 0. The lowest BCUT2D eigenvalue weighted by molar-refractivity contribution is -0.120. The van der Waals surface area contributed by atoms with Gasteiger partial charge in [-0.2, -0.15) is 0 Å². The number of rotatable bonds is 13. The molecule has 43 heavy (non-hydrogen) atoms. The maximum absolute atomic E-state index is 13.0. The highest BCUT2D eigenvalue weighted by molar-refractivity contribution is 5.98. The van der Waals surface area contributed by atoms with E-state index in [0.717, 1.165) is 62.8 Å². The monoisotopic (exact) mass is 592 g/mol. The molecule has 0 saturated heterocycles. The molecule has 0 bridgehead atoms. The highest BCUT2D eigenvalue weighted by Gasteiger charge is 2.26. The van der Waals surface area contributed by atoms with Crippen molar-refractivity contribution in [3.05, 3.63) is 58.7 Å². The van der Waals surface area contributed by atoms with Gasteiger partial charge in [0.2, 0.25) is 0 Å². The molecular weight excluding hydrogens is 528 g/mol. The summed E-state index contributed by atoms with van der Waals surface area (Å²) < 4.78 is 0. The van der Waals surface area contributed by atoms with Gasteiger partial charge in [-0.3, -0.25) is 14.4 Å². The number of hydrogen-bond acceptors (Lipinski definition) is 3. The standard InChI is InChI=1S/C32H44O3.C5H10.C3H8.H2/c1-5-23(4)32(35)21-28-20-27(31(34)11-7-6-9-26-10-8-12-30(26)33)17-18-29(28)25-15-13-24(14-16-25)19-22(2)3;1-2-5-3-4-5;1-3-2;/h17-20,24-26H,4-16,21H2,1-3H3;5H,2-4H2,1H3;3H2,1-2H3;1H. The van der Waals surface area contributed by atoms with Gasteiger partial charge in [0.1, 0.15) is 5.78 Å². The molecule has 0 heterocycles. The van der Waals surface area contributed by atoms with Gasteiger partial charge in [0, 0.05) is 32.2 Å². The first-order chi connectivity index (χ1) is 20.6. The van der Waals surface area contributed by atoms with Gasteiger partial charge in [-0.15, -0.1) is 0 Å². The van der Waals surface area contributed by atoms with E-state index in [1.165, 1.54) is 49.7 Å². The molecule has 3 fully saturated rings. The van der Waals surface area contributed by atoms with E-state index >= 15 is 0 Å². The summed E-state index contributed by atoms with van der Waals surface area (Å²) in [5.74, 6) is 3.09. The second-order valence-electron chi connectivity index (χ2n) is 13.6. The van der Waals surface area contributed by atoms with Crippen LogP contribution in [0.3, 0.4) is 0 Å². The Hall–Kier alpha value is -2.29. The Bertz CT molecular complexity index is 1070. The molecule has 3 saturated carbocycles. The lowest BCUT2D eigenvalue weighted by Gasteiger charge is -2.29. The number of ketones is 3. The maximum atomic E-state index is 13.0. The summed E-state index contributed by atoms with van der Waals surface area (Å²) in [4.78, 5) is 37.6. The molecule has 3 aliphatic rings. The Morgan fingerprint density at radius 2 is 1.63 bits per heavy atom. The van der Waals surface area contributed by atoms with Crippen LogP contribution in [0.4, 0.5) is 0 Å². The first kappa shape index (κ1) is 36.9. The SMILES string of the molecule is C=C(CC)C(=O)Cc1cc(C(=O)CCCCC2CCCC2=O)ccc1C1CCC(C=C(C)C)CC1.CCC.CCC1CC1.[HH]. The molecule has 242 valence electrons. The van der Waals surface area contributed by atoms with Crippen LogP contribution < -0.4 is 0 Å². The molecule has 3 nitrogen and oxygen atoms in total. The van der Waals surface area contributed by atoms with E-state index in [1.54, 1.807) is 0 Å². The third kappa shape index (κ3) is 13.5. The minimum absolute atomic E-state index is 0.